The molecule has 0 aliphatic carbocycles. The third kappa shape index (κ3) is 11.1. The lowest BCUT2D eigenvalue weighted by Gasteiger charge is -2.07. The van der Waals surface area contributed by atoms with Crippen molar-refractivity contribution in [2.75, 3.05) is 19.8 Å². The van der Waals surface area contributed by atoms with Gasteiger partial charge < -0.3 is 24.1 Å². The van der Waals surface area contributed by atoms with Gasteiger partial charge in [-0.3, -0.25) is 0 Å². The molecular weight excluding hydrogens is 528 g/mol. The highest BCUT2D eigenvalue weighted by Gasteiger charge is 2.00. The molecular formula is C36H33O6-. The molecule has 3 aromatic carbocycles. The lowest BCUT2D eigenvalue weighted by Crippen LogP contribution is -2.23. The Kier molecular flexibility index (Phi) is 12.5. The second kappa shape index (κ2) is 16.8. The maximum atomic E-state index is 11.0. The summed E-state index contributed by atoms with van der Waals surface area (Å²) in [5, 5.41) is 10.6. The van der Waals surface area contributed by atoms with Crippen LogP contribution in [0.4, 0.5) is 0 Å². The van der Waals surface area contributed by atoms with E-state index < -0.39 is 11.9 Å². The SMILES string of the molecule is C=CC(=O)OCCOc1ccc(C#Cc2ccc(C#Cc3ccc(OCCCCCC(=C)C(=O)[O-])cc3)cc2C)cc1. The molecule has 42 heavy (non-hydrogen) atoms. The van der Waals surface area contributed by atoms with Crippen molar-refractivity contribution < 1.29 is 28.9 Å². The Morgan fingerprint density at radius 1 is 0.762 bits per heavy atom. The minimum atomic E-state index is -1.18. The van der Waals surface area contributed by atoms with Crippen LogP contribution in [0.1, 0.15) is 53.5 Å². The fraction of sp³-hybridized carbons (Fsp3) is 0.222. The normalized spacial score (nSPS) is 9.83. The van der Waals surface area contributed by atoms with E-state index in [1.807, 2.05) is 73.7 Å². The Morgan fingerprint density at radius 2 is 1.33 bits per heavy atom. The standard InChI is InChI=1S/C36H34O6/c1-4-35(37)42-25-24-41-34-21-15-30(16-22-34)11-17-32-18-12-31(26-28(32)3)10-9-29-13-19-33(20-14-29)40-23-7-5-6-8-27(2)36(38)39/h4,12-16,18-22,26H,1-2,5-8,23-25H2,3H3,(H,38,39)/p-1. The first-order chi connectivity index (χ1) is 20.3. The number of hydrogen-bond acceptors (Lipinski definition) is 6. The third-order valence-corrected chi connectivity index (χ3v) is 6.07. The monoisotopic (exact) mass is 561 g/mol. The molecule has 0 bridgehead atoms. The first-order valence-electron chi connectivity index (χ1n) is 13.6. The number of benzene rings is 3. The summed E-state index contributed by atoms with van der Waals surface area (Å²) in [5.41, 5.74) is 4.75. The number of aryl methyl sites for hydroxylation is 1. The first kappa shape index (κ1) is 31.3. The van der Waals surface area contributed by atoms with Crippen LogP contribution in [-0.2, 0) is 14.3 Å². The lowest BCUT2D eigenvalue weighted by molar-refractivity contribution is -0.299. The van der Waals surface area contributed by atoms with Crippen LogP contribution in [0.3, 0.4) is 0 Å². The zero-order valence-corrected chi connectivity index (χ0v) is 23.7. The fourth-order valence-corrected chi connectivity index (χ4v) is 3.70. The fourth-order valence-electron chi connectivity index (χ4n) is 3.70. The van der Waals surface area contributed by atoms with Gasteiger partial charge in [-0.05, 0) is 110 Å². The molecule has 0 heterocycles. The Morgan fingerprint density at radius 3 is 1.93 bits per heavy atom. The Labute approximate surface area is 247 Å². The van der Waals surface area contributed by atoms with Crippen LogP contribution in [0.25, 0.3) is 0 Å². The first-order valence-corrected chi connectivity index (χ1v) is 13.6. The van der Waals surface area contributed by atoms with E-state index in [9.17, 15) is 14.7 Å². The summed E-state index contributed by atoms with van der Waals surface area (Å²) in [7, 11) is 0. The van der Waals surface area contributed by atoms with Gasteiger partial charge >= 0.3 is 5.97 Å². The van der Waals surface area contributed by atoms with E-state index in [0.717, 1.165) is 58.9 Å². The molecule has 6 nitrogen and oxygen atoms in total. The Bertz CT molecular complexity index is 1510. The number of unbranched alkanes of at least 4 members (excludes halogenated alkanes) is 2. The van der Waals surface area contributed by atoms with E-state index in [0.29, 0.717) is 18.8 Å². The molecule has 3 aromatic rings. The van der Waals surface area contributed by atoms with Gasteiger partial charge in [-0.1, -0.05) is 36.8 Å². The lowest BCUT2D eigenvalue weighted by atomic mass is 10.0. The minimum Gasteiger partial charge on any atom is -0.545 e. The maximum Gasteiger partial charge on any atom is 0.330 e. The summed E-state index contributed by atoms with van der Waals surface area (Å²) >= 11 is 0. The topological polar surface area (TPSA) is 84.9 Å². The molecule has 0 aromatic heterocycles. The summed E-state index contributed by atoms with van der Waals surface area (Å²) in [6.45, 7) is 9.82. The van der Waals surface area contributed by atoms with Crippen molar-refractivity contribution in [3.05, 3.63) is 119 Å². The van der Waals surface area contributed by atoms with Crippen LogP contribution in [0.2, 0.25) is 0 Å². The van der Waals surface area contributed by atoms with Gasteiger partial charge in [0.15, 0.2) is 0 Å². The molecule has 6 heteroatoms. The highest BCUT2D eigenvalue weighted by Crippen LogP contribution is 2.15. The molecule has 0 aliphatic heterocycles. The van der Waals surface area contributed by atoms with Crippen LogP contribution in [0.5, 0.6) is 11.5 Å². The van der Waals surface area contributed by atoms with Gasteiger partial charge in [0, 0.05) is 28.3 Å². The smallest absolute Gasteiger partial charge is 0.330 e. The van der Waals surface area contributed by atoms with Crippen LogP contribution < -0.4 is 14.6 Å². The van der Waals surface area contributed by atoms with Crippen LogP contribution in [-0.4, -0.2) is 31.8 Å². The van der Waals surface area contributed by atoms with E-state index in [2.05, 4.69) is 36.8 Å². The second-order valence-corrected chi connectivity index (χ2v) is 9.35. The van der Waals surface area contributed by atoms with E-state index in [-0.39, 0.29) is 18.8 Å². The molecule has 0 N–H and O–H groups in total. The summed E-state index contributed by atoms with van der Waals surface area (Å²) in [4.78, 5) is 21.7. The number of carbonyl (C=O) groups excluding carboxylic acids is 2. The summed E-state index contributed by atoms with van der Waals surface area (Å²) in [5.74, 6) is 12.6. The van der Waals surface area contributed by atoms with Gasteiger partial charge in [0.2, 0.25) is 0 Å². The van der Waals surface area contributed by atoms with Crippen LogP contribution in [0, 0.1) is 30.6 Å². The molecule has 0 unspecified atom stereocenters. The van der Waals surface area contributed by atoms with Crippen molar-refractivity contribution in [3.63, 3.8) is 0 Å². The van der Waals surface area contributed by atoms with E-state index in [1.165, 1.54) is 0 Å². The molecule has 3 rings (SSSR count). The largest absolute Gasteiger partial charge is 0.545 e. The minimum absolute atomic E-state index is 0.140. The maximum absolute atomic E-state index is 11.0. The zero-order valence-electron chi connectivity index (χ0n) is 23.7. The van der Waals surface area contributed by atoms with Crippen molar-refractivity contribution in [1.29, 1.82) is 0 Å². The number of ether oxygens (including phenoxy) is 3. The predicted molar refractivity (Wildman–Crippen MR) is 161 cm³/mol. The average molecular weight is 562 g/mol. The quantitative estimate of drug-likeness (QED) is 0.124. The van der Waals surface area contributed by atoms with Crippen molar-refractivity contribution in [2.45, 2.75) is 32.6 Å². The van der Waals surface area contributed by atoms with E-state index >= 15 is 0 Å². The van der Waals surface area contributed by atoms with Crippen LogP contribution >= 0.6 is 0 Å². The third-order valence-electron chi connectivity index (χ3n) is 6.07. The number of carboxylic acids is 1. The zero-order chi connectivity index (χ0) is 30.2. The Hall–Kier alpha value is -5.20. The number of rotatable bonds is 13. The molecule has 0 amide bonds. The molecule has 0 atom stereocenters. The van der Waals surface area contributed by atoms with Gasteiger partial charge in [-0.2, -0.15) is 0 Å². The van der Waals surface area contributed by atoms with Gasteiger partial charge in [-0.15, -0.1) is 0 Å². The van der Waals surface area contributed by atoms with Gasteiger partial charge in [0.05, 0.1) is 12.6 Å². The van der Waals surface area contributed by atoms with Gasteiger partial charge in [0.1, 0.15) is 24.7 Å². The predicted octanol–water partition coefficient (Wildman–Crippen LogP) is 5.15. The number of carboxylic acid groups (broad SMARTS) is 1. The molecule has 0 fully saturated rings. The highest BCUT2D eigenvalue weighted by molar-refractivity contribution is 5.83. The molecule has 0 spiro atoms. The van der Waals surface area contributed by atoms with Crippen molar-refractivity contribution in [2.24, 2.45) is 0 Å². The number of hydrogen-bond donors (Lipinski definition) is 0. The van der Waals surface area contributed by atoms with Crippen molar-refractivity contribution in [3.8, 4) is 35.2 Å². The van der Waals surface area contributed by atoms with Gasteiger partial charge in [0.25, 0.3) is 0 Å². The summed E-state index contributed by atoms with van der Waals surface area (Å²) in [6, 6.07) is 21.0. The number of carbonyl (C=O) groups is 2. The van der Waals surface area contributed by atoms with E-state index in [1.54, 1.807) is 0 Å². The highest BCUT2D eigenvalue weighted by atomic mass is 16.6. The molecule has 0 aliphatic rings. The van der Waals surface area contributed by atoms with Crippen LogP contribution in [0.15, 0.2) is 91.5 Å². The number of esters is 1. The molecule has 0 radical (unpaired) electrons. The van der Waals surface area contributed by atoms with Crippen molar-refractivity contribution in [1.82, 2.24) is 0 Å². The summed E-state index contributed by atoms with van der Waals surface area (Å²) in [6.07, 6.45) is 4.01. The molecule has 214 valence electrons. The van der Waals surface area contributed by atoms with Gasteiger partial charge in [-0.25, -0.2) is 4.79 Å². The Balaban J connectivity index is 1.46. The second-order valence-electron chi connectivity index (χ2n) is 9.35. The average Bonchev–Trinajstić information content (AvgIpc) is 3.00. The molecule has 0 saturated carbocycles. The summed E-state index contributed by atoms with van der Waals surface area (Å²) < 4.78 is 16.2. The van der Waals surface area contributed by atoms with E-state index in [4.69, 9.17) is 14.2 Å². The van der Waals surface area contributed by atoms with Crippen molar-refractivity contribution >= 4 is 11.9 Å². The number of aliphatic carboxylic acids is 1. The molecule has 0 saturated heterocycles.